The SMILES string of the molecule is Cc1nc(-c2ccccc2)nc(SCC(=O)NCc2ccco2)c1C#N. The largest absolute Gasteiger partial charge is 0.467 e. The van der Waals surface area contributed by atoms with Crippen molar-refractivity contribution in [1.29, 1.82) is 5.26 Å². The van der Waals surface area contributed by atoms with E-state index in [1.165, 1.54) is 11.8 Å². The van der Waals surface area contributed by atoms with Crippen LogP contribution in [0, 0.1) is 18.3 Å². The second kappa shape index (κ2) is 8.32. The lowest BCUT2D eigenvalue weighted by Crippen LogP contribution is -2.24. The van der Waals surface area contributed by atoms with E-state index in [-0.39, 0.29) is 11.7 Å². The summed E-state index contributed by atoms with van der Waals surface area (Å²) >= 11 is 1.22. The Morgan fingerprint density at radius 1 is 1.23 bits per heavy atom. The van der Waals surface area contributed by atoms with Gasteiger partial charge in [-0.3, -0.25) is 4.79 Å². The van der Waals surface area contributed by atoms with Gasteiger partial charge in [0.2, 0.25) is 5.91 Å². The molecule has 0 fully saturated rings. The van der Waals surface area contributed by atoms with Crippen molar-refractivity contribution in [2.75, 3.05) is 5.75 Å². The molecule has 0 spiro atoms. The van der Waals surface area contributed by atoms with Gasteiger partial charge in [0.1, 0.15) is 22.4 Å². The highest BCUT2D eigenvalue weighted by atomic mass is 32.2. The maximum Gasteiger partial charge on any atom is 0.230 e. The number of carbonyl (C=O) groups is 1. The van der Waals surface area contributed by atoms with E-state index in [1.54, 1.807) is 25.3 Å². The van der Waals surface area contributed by atoms with Crippen molar-refractivity contribution < 1.29 is 9.21 Å². The van der Waals surface area contributed by atoms with E-state index in [9.17, 15) is 10.1 Å². The third kappa shape index (κ3) is 4.29. The highest BCUT2D eigenvalue weighted by molar-refractivity contribution is 8.00. The van der Waals surface area contributed by atoms with Crippen LogP contribution in [0.4, 0.5) is 0 Å². The number of carbonyl (C=O) groups excluding carboxylic acids is 1. The lowest BCUT2D eigenvalue weighted by atomic mass is 10.2. The molecule has 1 amide bonds. The number of furan rings is 1. The van der Waals surface area contributed by atoms with Crippen molar-refractivity contribution in [3.63, 3.8) is 0 Å². The van der Waals surface area contributed by atoms with Crippen LogP contribution in [0.25, 0.3) is 11.4 Å². The van der Waals surface area contributed by atoms with Crippen LogP contribution in [0.1, 0.15) is 17.0 Å². The molecule has 3 aromatic rings. The van der Waals surface area contributed by atoms with Gasteiger partial charge in [0, 0.05) is 5.56 Å². The Balaban J connectivity index is 1.72. The summed E-state index contributed by atoms with van der Waals surface area (Å²) in [7, 11) is 0. The zero-order chi connectivity index (χ0) is 18.4. The van der Waals surface area contributed by atoms with Gasteiger partial charge in [-0.05, 0) is 19.1 Å². The molecular formula is C19H16N4O2S. The van der Waals surface area contributed by atoms with Crippen LogP contribution >= 0.6 is 11.8 Å². The van der Waals surface area contributed by atoms with Gasteiger partial charge >= 0.3 is 0 Å². The van der Waals surface area contributed by atoms with Crippen LogP contribution < -0.4 is 5.32 Å². The van der Waals surface area contributed by atoms with Crippen LogP contribution in [0.5, 0.6) is 0 Å². The number of nitriles is 1. The number of hydrogen-bond donors (Lipinski definition) is 1. The summed E-state index contributed by atoms with van der Waals surface area (Å²) in [6.07, 6.45) is 1.56. The summed E-state index contributed by atoms with van der Waals surface area (Å²) in [5.41, 5.74) is 1.86. The van der Waals surface area contributed by atoms with Gasteiger partial charge < -0.3 is 9.73 Å². The molecule has 0 radical (unpaired) electrons. The molecular weight excluding hydrogens is 348 g/mol. The van der Waals surface area contributed by atoms with Gasteiger partial charge in [-0.15, -0.1) is 0 Å². The zero-order valence-electron chi connectivity index (χ0n) is 14.1. The molecule has 0 unspecified atom stereocenters. The molecule has 0 aliphatic heterocycles. The lowest BCUT2D eigenvalue weighted by Gasteiger charge is -2.09. The van der Waals surface area contributed by atoms with E-state index in [1.807, 2.05) is 30.3 Å². The maximum absolute atomic E-state index is 12.1. The molecule has 7 heteroatoms. The Hall–Kier alpha value is -3.11. The number of nitrogens with one attached hydrogen (secondary N) is 1. The predicted molar refractivity (Wildman–Crippen MR) is 98.2 cm³/mol. The van der Waals surface area contributed by atoms with E-state index in [0.717, 1.165) is 5.56 Å². The van der Waals surface area contributed by atoms with E-state index >= 15 is 0 Å². The molecule has 3 rings (SSSR count). The first-order valence-corrected chi connectivity index (χ1v) is 8.92. The topological polar surface area (TPSA) is 91.8 Å². The molecule has 1 N–H and O–H groups in total. The summed E-state index contributed by atoms with van der Waals surface area (Å²) in [6, 6.07) is 15.2. The minimum atomic E-state index is -0.159. The summed E-state index contributed by atoms with van der Waals surface area (Å²) < 4.78 is 5.18. The van der Waals surface area contributed by atoms with Gasteiger partial charge in [-0.1, -0.05) is 42.1 Å². The van der Waals surface area contributed by atoms with Crippen molar-refractivity contribution in [2.24, 2.45) is 0 Å². The minimum absolute atomic E-state index is 0.153. The standard InChI is InChI=1S/C19H16N4O2S/c1-13-16(10-20)19(23-18(22-13)14-6-3-2-4-7-14)26-12-17(24)21-11-15-8-5-9-25-15/h2-9H,11-12H2,1H3,(H,21,24). The summed E-state index contributed by atoms with van der Waals surface area (Å²) in [5, 5.41) is 12.7. The Morgan fingerprint density at radius 3 is 2.73 bits per heavy atom. The number of benzene rings is 1. The molecule has 0 bridgehead atoms. The van der Waals surface area contributed by atoms with Crippen LogP contribution in [0.15, 0.2) is 58.2 Å². The zero-order valence-corrected chi connectivity index (χ0v) is 14.9. The normalized spacial score (nSPS) is 10.3. The van der Waals surface area contributed by atoms with Crippen molar-refractivity contribution >= 4 is 17.7 Å². The van der Waals surface area contributed by atoms with E-state index < -0.39 is 0 Å². The third-order valence-electron chi connectivity index (χ3n) is 3.58. The third-order valence-corrected chi connectivity index (χ3v) is 4.56. The fourth-order valence-corrected chi connectivity index (χ4v) is 3.14. The van der Waals surface area contributed by atoms with Gasteiger partial charge in [-0.2, -0.15) is 5.26 Å². The van der Waals surface area contributed by atoms with Crippen molar-refractivity contribution in [3.05, 3.63) is 65.7 Å². The molecule has 0 aliphatic carbocycles. The minimum Gasteiger partial charge on any atom is -0.467 e. The van der Waals surface area contributed by atoms with Gasteiger partial charge in [-0.25, -0.2) is 9.97 Å². The average molecular weight is 364 g/mol. The molecule has 0 saturated heterocycles. The van der Waals surface area contributed by atoms with Crippen LogP contribution in [-0.4, -0.2) is 21.6 Å². The van der Waals surface area contributed by atoms with Crippen molar-refractivity contribution in [3.8, 4) is 17.5 Å². The Kier molecular flexibility index (Phi) is 5.66. The second-order valence-electron chi connectivity index (χ2n) is 5.44. The van der Waals surface area contributed by atoms with Crippen LogP contribution in [0.2, 0.25) is 0 Å². The molecule has 1 aromatic carbocycles. The highest BCUT2D eigenvalue weighted by Gasteiger charge is 2.15. The van der Waals surface area contributed by atoms with E-state index in [2.05, 4.69) is 21.4 Å². The molecule has 0 aliphatic rings. The van der Waals surface area contributed by atoms with E-state index in [0.29, 0.717) is 34.4 Å². The Bertz CT molecular complexity index is 934. The van der Waals surface area contributed by atoms with Crippen LogP contribution in [0.3, 0.4) is 0 Å². The quantitative estimate of drug-likeness (QED) is 0.533. The van der Waals surface area contributed by atoms with Gasteiger partial charge in [0.25, 0.3) is 0 Å². The molecule has 0 atom stereocenters. The summed E-state index contributed by atoms with van der Waals surface area (Å²) in [6.45, 7) is 2.10. The molecule has 0 saturated carbocycles. The van der Waals surface area contributed by atoms with Gasteiger partial charge in [0.05, 0.1) is 24.3 Å². The molecule has 26 heavy (non-hydrogen) atoms. The number of hydrogen-bond acceptors (Lipinski definition) is 6. The first kappa shape index (κ1) is 17.7. The van der Waals surface area contributed by atoms with Crippen molar-refractivity contribution in [1.82, 2.24) is 15.3 Å². The van der Waals surface area contributed by atoms with Crippen molar-refractivity contribution in [2.45, 2.75) is 18.5 Å². The summed E-state index contributed by atoms with van der Waals surface area (Å²) in [4.78, 5) is 21.0. The molecule has 2 aromatic heterocycles. The molecule has 130 valence electrons. The Morgan fingerprint density at radius 2 is 2.04 bits per heavy atom. The fraction of sp³-hybridized carbons (Fsp3) is 0.158. The number of aryl methyl sites for hydroxylation is 1. The monoisotopic (exact) mass is 364 g/mol. The number of rotatable bonds is 6. The number of aromatic nitrogens is 2. The number of thioether (sulfide) groups is 1. The lowest BCUT2D eigenvalue weighted by molar-refractivity contribution is -0.118. The fourth-order valence-electron chi connectivity index (χ4n) is 2.28. The number of nitrogens with zero attached hydrogens (tertiary/aromatic N) is 3. The summed E-state index contributed by atoms with van der Waals surface area (Å²) in [5.74, 6) is 1.22. The predicted octanol–water partition coefficient (Wildman–Crippen LogP) is 3.33. The highest BCUT2D eigenvalue weighted by Crippen LogP contribution is 2.25. The molecule has 2 heterocycles. The Labute approximate surface area is 155 Å². The smallest absolute Gasteiger partial charge is 0.230 e. The first-order chi connectivity index (χ1) is 12.7. The molecule has 6 nitrogen and oxygen atoms in total. The van der Waals surface area contributed by atoms with E-state index in [4.69, 9.17) is 4.42 Å². The van der Waals surface area contributed by atoms with Crippen LogP contribution in [-0.2, 0) is 11.3 Å². The second-order valence-corrected chi connectivity index (χ2v) is 6.40. The first-order valence-electron chi connectivity index (χ1n) is 7.93. The maximum atomic E-state index is 12.1. The van der Waals surface area contributed by atoms with Gasteiger partial charge in [0.15, 0.2) is 5.82 Å². The number of amides is 1. The average Bonchev–Trinajstić information content (AvgIpc) is 3.18.